The summed E-state index contributed by atoms with van der Waals surface area (Å²) in [6, 6.07) is 19.0. The Morgan fingerprint density at radius 2 is 1.70 bits per heavy atom. The Bertz CT molecular complexity index is 1660. The van der Waals surface area contributed by atoms with Crippen LogP contribution in [0, 0.1) is 5.92 Å². The van der Waals surface area contributed by atoms with Crippen LogP contribution in [0.1, 0.15) is 31.7 Å². The van der Waals surface area contributed by atoms with Crippen molar-refractivity contribution in [2.45, 2.75) is 43.7 Å². The number of carbonyl (C=O) groups excluding carboxylic acids is 2. The molecule has 14 nitrogen and oxygen atoms in total. The molecule has 0 aliphatic carbocycles. The first kappa shape index (κ1) is 36.4. The minimum Gasteiger partial charge on any atom is -0.481 e. The number of amides is 2. The minimum atomic E-state index is -4.28. The predicted octanol–water partition coefficient (Wildman–Crippen LogP) is 1.81. The van der Waals surface area contributed by atoms with Crippen LogP contribution in [0.15, 0.2) is 82.8 Å². The van der Waals surface area contributed by atoms with Gasteiger partial charge < -0.3 is 31.2 Å². The lowest BCUT2D eigenvalue weighted by molar-refractivity contribution is -0.146. The SMILES string of the molecule is CC(=O)O.NN=CN1CCC[C@@H](CNC(=O)C[C@H](NS(=O)(=O)c2ccc3ccccc3c2)C(=O)N(CC(=O)O)Cc2ccccc2)C1. The Morgan fingerprint density at radius 1 is 1.04 bits per heavy atom. The Kier molecular flexibility index (Phi) is 13.7. The largest absolute Gasteiger partial charge is 0.481 e. The maximum absolute atomic E-state index is 13.8. The molecule has 0 saturated carbocycles. The molecule has 4 rings (SSSR count). The number of nitrogens with two attached hydrogens (primary N) is 1. The van der Waals surface area contributed by atoms with Gasteiger partial charge in [0.1, 0.15) is 18.9 Å². The zero-order valence-corrected chi connectivity index (χ0v) is 26.8. The number of fused-ring (bicyclic) bond motifs is 1. The number of hydrogen-bond acceptors (Lipinski definition) is 8. The van der Waals surface area contributed by atoms with E-state index in [-0.39, 0.29) is 17.4 Å². The number of nitrogens with zero attached hydrogens (tertiary/aromatic N) is 3. The number of likely N-dealkylation sites (tertiary alicyclic amines) is 1. The highest BCUT2D eigenvalue weighted by Gasteiger charge is 2.33. The third kappa shape index (κ3) is 12.0. The zero-order valence-electron chi connectivity index (χ0n) is 26.0. The smallest absolute Gasteiger partial charge is 0.323 e. The summed E-state index contributed by atoms with van der Waals surface area (Å²) >= 11 is 0. The number of sulfonamides is 1. The first-order chi connectivity index (χ1) is 22.4. The van der Waals surface area contributed by atoms with Crippen molar-refractivity contribution in [1.29, 1.82) is 0 Å². The van der Waals surface area contributed by atoms with Crippen molar-refractivity contribution in [2.75, 3.05) is 26.2 Å². The second-order valence-corrected chi connectivity index (χ2v) is 12.8. The first-order valence-corrected chi connectivity index (χ1v) is 16.4. The highest BCUT2D eigenvalue weighted by molar-refractivity contribution is 7.89. The average Bonchev–Trinajstić information content (AvgIpc) is 3.03. The molecule has 0 bridgehead atoms. The summed E-state index contributed by atoms with van der Waals surface area (Å²) < 4.78 is 29.4. The molecule has 3 aromatic carbocycles. The molecule has 0 radical (unpaired) electrons. The summed E-state index contributed by atoms with van der Waals surface area (Å²) in [5.41, 5.74) is 0.653. The number of rotatable bonds is 13. The minimum absolute atomic E-state index is 0.0810. The van der Waals surface area contributed by atoms with E-state index in [1.807, 2.05) is 17.0 Å². The highest BCUT2D eigenvalue weighted by Crippen LogP contribution is 2.20. The van der Waals surface area contributed by atoms with Crippen LogP contribution < -0.4 is 15.9 Å². The van der Waals surface area contributed by atoms with E-state index in [1.165, 1.54) is 12.1 Å². The molecule has 1 fully saturated rings. The standard InChI is InChI=1S/C30H36N6O6S.C2H4O2/c31-33-21-35-14-6-9-23(18-35)17-32-28(37)16-27(30(40)36(20-29(38)39)19-22-7-2-1-3-8-22)34-43(41,42)26-13-12-24-10-4-5-11-25(24)15-26;1-2(3)4/h1-5,7-8,10-13,15,21,23,27,34H,6,9,14,16-20,31H2,(H,32,37)(H,38,39);1H3,(H,3,4)/t23-,27-;/m0./s1. The van der Waals surface area contributed by atoms with E-state index >= 15 is 0 Å². The van der Waals surface area contributed by atoms with Gasteiger partial charge in [0.25, 0.3) is 5.97 Å². The number of carboxylic acids is 2. The molecule has 2 amide bonds. The topological polar surface area (TPSA) is 212 Å². The van der Waals surface area contributed by atoms with E-state index in [1.54, 1.807) is 54.9 Å². The third-order valence-electron chi connectivity index (χ3n) is 7.24. The fourth-order valence-electron chi connectivity index (χ4n) is 5.15. The van der Waals surface area contributed by atoms with E-state index in [2.05, 4.69) is 15.1 Å². The molecule has 15 heteroatoms. The maximum atomic E-state index is 13.8. The Labute approximate surface area is 273 Å². The number of carboxylic acid groups (broad SMARTS) is 2. The van der Waals surface area contributed by atoms with Gasteiger partial charge in [-0.2, -0.15) is 9.82 Å². The molecule has 3 aromatic rings. The zero-order chi connectivity index (χ0) is 34.4. The molecule has 0 unspecified atom stereocenters. The summed E-state index contributed by atoms with van der Waals surface area (Å²) in [4.78, 5) is 50.5. The number of hydrogen-bond donors (Lipinski definition) is 5. The lowest BCUT2D eigenvalue weighted by Crippen LogP contribution is -2.51. The second kappa shape index (κ2) is 17.6. The molecule has 1 heterocycles. The number of carbonyl (C=O) groups is 4. The quantitative estimate of drug-likeness (QED) is 0.0771. The summed E-state index contributed by atoms with van der Waals surface area (Å²) in [7, 11) is -4.28. The fourth-order valence-corrected chi connectivity index (χ4v) is 6.37. The molecule has 1 aliphatic rings. The van der Waals surface area contributed by atoms with Gasteiger partial charge in [0, 0.05) is 33.1 Å². The molecule has 0 aromatic heterocycles. The Hall–Kier alpha value is -5.02. The van der Waals surface area contributed by atoms with Crippen molar-refractivity contribution in [1.82, 2.24) is 19.8 Å². The van der Waals surface area contributed by atoms with Crippen LogP contribution in [0.25, 0.3) is 10.8 Å². The molecule has 47 heavy (non-hydrogen) atoms. The first-order valence-electron chi connectivity index (χ1n) is 14.9. The van der Waals surface area contributed by atoms with Crippen LogP contribution in [-0.4, -0.2) is 90.7 Å². The summed E-state index contributed by atoms with van der Waals surface area (Å²) in [5.74, 6) is 1.90. The number of hydrazone groups is 1. The highest BCUT2D eigenvalue weighted by atomic mass is 32.2. The monoisotopic (exact) mass is 668 g/mol. The van der Waals surface area contributed by atoms with Crippen LogP contribution >= 0.6 is 0 Å². The van der Waals surface area contributed by atoms with Crippen molar-refractivity contribution in [3.63, 3.8) is 0 Å². The van der Waals surface area contributed by atoms with Crippen LogP contribution in [0.4, 0.5) is 0 Å². The second-order valence-electron chi connectivity index (χ2n) is 11.1. The molecule has 2 atom stereocenters. The van der Waals surface area contributed by atoms with E-state index in [0.29, 0.717) is 24.0 Å². The number of benzene rings is 3. The maximum Gasteiger partial charge on any atom is 0.323 e. The van der Waals surface area contributed by atoms with Gasteiger partial charge in [-0.25, -0.2) is 8.42 Å². The van der Waals surface area contributed by atoms with Gasteiger partial charge in [-0.05, 0) is 47.2 Å². The number of nitrogens with one attached hydrogen (secondary N) is 2. The van der Waals surface area contributed by atoms with Crippen molar-refractivity contribution >= 4 is 50.9 Å². The van der Waals surface area contributed by atoms with Crippen molar-refractivity contribution in [3.8, 4) is 0 Å². The Balaban J connectivity index is 0.00000142. The third-order valence-corrected chi connectivity index (χ3v) is 8.71. The van der Waals surface area contributed by atoms with Crippen molar-refractivity contribution in [3.05, 3.63) is 78.4 Å². The predicted molar refractivity (Wildman–Crippen MR) is 175 cm³/mol. The van der Waals surface area contributed by atoms with Crippen LogP contribution in [0.3, 0.4) is 0 Å². The Morgan fingerprint density at radius 3 is 2.36 bits per heavy atom. The lowest BCUT2D eigenvalue weighted by atomic mass is 9.98. The molecule has 1 aliphatic heterocycles. The van der Waals surface area contributed by atoms with E-state index in [9.17, 15) is 27.9 Å². The average molecular weight is 669 g/mol. The molecular formula is C32H40N6O8S. The van der Waals surface area contributed by atoms with Crippen LogP contribution in [0.5, 0.6) is 0 Å². The number of aliphatic carboxylic acids is 2. The molecule has 0 spiro atoms. The van der Waals surface area contributed by atoms with Gasteiger partial charge >= 0.3 is 5.97 Å². The van der Waals surface area contributed by atoms with Crippen LogP contribution in [0.2, 0.25) is 0 Å². The van der Waals surface area contributed by atoms with E-state index < -0.39 is 52.8 Å². The van der Waals surface area contributed by atoms with Gasteiger partial charge in [-0.1, -0.05) is 60.7 Å². The van der Waals surface area contributed by atoms with Gasteiger partial charge in [-0.3, -0.25) is 19.2 Å². The van der Waals surface area contributed by atoms with Crippen molar-refractivity contribution in [2.24, 2.45) is 16.9 Å². The normalized spacial score (nSPS) is 15.3. The molecule has 6 N–H and O–H groups in total. The van der Waals surface area contributed by atoms with E-state index in [0.717, 1.165) is 36.6 Å². The summed E-state index contributed by atoms with van der Waals surface area (Å²) in [5, 5.41) is 24.8. The molecular weight excluding hydrogens is 628 g/mol. The molecule has 1 saturated heterocycles. The van der Waals surface area contributed by atoms with Gasteiger partial charge in [0.15, 0.2) is 0 Å². The molecule has 252 valence electrons. The summed E-state index contributed by atoms with van der Waals surface area (Å²) in [6.07, 6.45) is 2.80. The van der Waals surface area contributed by atoms with Gasteiger partial charge in [0.2, 0.25) is 21.8 Å². The van der Waals surface area contributed by atoms with Gasteiger partial charge in [0.05, 0.1) is 11.3 Å². The number of piperidine rings is 1. The lowest BCUT2D eigenvalue weighted by Gasteiger charge is -2.31. The fraction of sp³-hybridized carbons (Fsp3) is 0.344. The van der Waals surface area contributed by atoms with Crippen molar-refractivity contribution < 1.29 is 37.8 Å². The van der Waals surface area contributed by atoms with Crippen LogP contribution in [-0.2, 0) is 35.7 Å². The summed E-state index contributed by atoms with van der Waals surface area (Å²) in [6.45, 7) is 2.09. The van der Waals surface area contributed by atoms with E-state index in [4.69, 9.17) is 15.7 Å². The van der Waals surface area contributed by atoms with Gasteiger partial charge in [-0.15, -0.1) is 0 Å².